The van der Waals surface area contributed by atoms with Crippen molar-refractivity contribution < 1.29 is 14.1 Å². The van der Waals surface area contributed by atoms with Crippen LogP contribution in [0.25, 0.3) is 0 Å². The molecule has 19 heavy (non-hydrogen) atoms. The Morgan fingerprint density at radius 2 is 2.42 bits per heavy atom. The molecule has 1 N–H and O–H groups in total. The maximum absolute atomic E-state index is 11.6. The lowest BCUT2D eigenvalue weighted by Crippen LogP contribution is -2.27. The van der Waals surface area contributed by atoms with Gasteiger partial charge >= 0.3 is 0 Å². The van der Waals surface area contributed by atoms with Crippen LogP contribution in [0.2, 0.25) is 0 Å². The molecule has 2 rings (SSSR count). The van der Waals surface area contributed by atoms with Gasteiger partial charge in [-0.2, -0.15) is 0 Å². The van der Waals surface area contributed by atoms with Crippen molar-refractivity contribution in [2.45, 2.75) is 13.5 Å². The number of nitrogens with zero attached hydrogens (tertiary/aromatic N) is 3. The molecule has 0 radical (unpaired) electrons. The minimum absolute atomic E-state index is 0.255. The van der Waals surface area contributed by atoms with Crippen LogP contribution in [0, 0.1) is 6.92 Å². The molecular weight excluding hydrogens is 248 g/mol. The third-order valence-corrected chi connectivity index (χ3v) is 2.45. The number of ether oxygens (including phenoxy) is 1. The predicted octanol–water partition coefficient (Wildman–Crippen LogP) is 0.626. The quantitative estimate of drug-likeness (QED) is 0.741. The lowest BCUT2D eigenvalue weighted by Gasteiger charge is -2.05. The van der Waals surface area contributed by atoms with E-state index in [9.17, 15) is 4.79 Å². The Labute approximate surface area is 110 Å². The Hall–Kier alpha value is -2.15. The van der Waals surface area contributed by atoms with E-state index in [4.69, 9.17) is 9.26 Å². The molecule has 0 aliphatic rings. The fraction of sp³-hybridized carbons (Fsp3) is 0.417. The molecule has 0 spiro atoms. The van der Waals surface area contributed by atoms with Crippen LogP contribution in [0.15, 0.2) is 29.3 Å². The summed E-state index contributed by atoms with van der Waals surface area (Å²) in [6, 6.07) is 1.59. The van der Waals surface area contributed by atoms with Crippen molar-refractivity contribution in [1.82, 2.24) is 20.0 Å². The fourth-order valence-electron chi connectivity index (χ4n) is 1.49. The van der Waals surface area contributed by atoms with Gasteiger partial charge in [-0.05, 0) is 6.92 Å². The van der Waals surface area contributed by atoms with E-state index in [2.05, 4.69) is 15.5 Å². The van der Waals surface area contributed by atoms with Gasteiger partial charge in [0, 0.05) is 31.5 Å². The Kier molecular flexibility index (Phi) is 4.68. The highest BCUT2D eigenvalue weighted by Crippen LogP contribution is 2.00. The maximum Gasteiger partial charge on any atom is 0.273 e. The van der Waals surface area contributed by atoms with E-state index in [0.717, 1.165) is 6.54 Å². The molecule has 2 aromatic rings. The van der Waals surface area contributed by atoms with Gasteiger partial charge in [-0.3, -0.25) is 4.79 Å². The number of hydrogen-bond acceptors (Lipinski definition) is 5. The normalized spacial score (nSPS) is 10.6. The summed E-state index contributed by atoms with van der Waals surface area (Å²) in [6.07, 6.45) is 5.33. The van der Waals surface area contributed by atoms with Crippen molar-refractivity contribution >= 4 is 5.91 Å². The SMILES string of the molecule is Cc1cc(C(=O)NCCOCCn2ccnc2)no1. The number of aryl methyl sites for hydroxylation is 1. The Morgan fingerprint density at radius 1 is 1.53 bits per heavy atom. The molecule has 0 unspecified atom stereocenters. The van der Waals surface area contributed by atoms with Gasteiger partial charge in [0.25, 0.3) is 5.91 Å². The first kappa shape index (κ1) is 13.3. The molecule has 7 nitrogen and oxygen atoms in total. The highest BCUT2D eigenvalue weighted by Gasteiger charge is 2.09. The molecule has 7 heteroatoms. The number of hydrogen-bond donors (Lipinski definition) is 1. The molecule has 0 bridgehead atoms. The molecule has 1 amide bonds. The van der Waals surface area contributed by atoms with Gasteiger partial charge < -0.3 is 19.1 Å². The summed E-state index contributed by atoms with van der Waals surface area (Å²) >= 11 is 0. The lowest BCUT2D eigenvalue weighted by molar-refractivity contribution is 0.0900. The third-order valence-electron chi connectivity index (χ3n) is 2.45. The smallest absolute Gasteiger partial charge is 0.273 e. The topological polar surface area (TPSA) is 82.2 Å². The van der Waals surface area contributed by atoms with Gasteiger partial charge in [-0.15, -0.1) is 0 Å². The van der Waals surface area contributed by atoms with Crippen molar-refractivity contribution in [3.8, 4) is 0 Å². The highest BCUT2D eigenvalue weighted by atomic mass is 16.5. The summed E-state index contributed by atoms with van der Waals surface area (Å²) in [7, 11) is 0. The molecule has 2 heterocycles. The summed E-state index contributed by atoms with van der Waals surface area (Å²) in [5, 5.41) is 6.33. The molecule has 0 saturated carbocycles. The molecule has 2 aromatic heterocycles. The first-order valence-corrected chi connectivity index (χ1v) is 6.01. The van der Waals surface area contributed by atoms with Crippen molar-refractivity contribution in [3.05, 3.63) is 36.2 Å². The monoisotopic (exact) mass is 264 g/mol. The van der Waals surface area contributed by atoms with E-state index in [0.29, 0.717) is 25.5 Å². The number of rotatable bonds is 7. The van der Waals surface area contributed by atoms with E-state index < -0.39 is 0 Å². The third kappa shape index (κ3) is 4.22. The Balaban J connectivity index is 1.55. The summed E-state index contributed by atoms with van der Waals surface area (Å²) < 4.78 is 12.1. The van der Waals surface area contributed by atoms with E-state index >= 15 is 0 Å². The van der Waals surface area contributed by atoms with Crippen LogP contribution in [0.4, 0.5) is 0 Å². The predicted molar refractivity (Wildman–Crippen MR) is 66.6 cm³/mol. The summed E-state index contributed by atoms with van der Waals surface area (Å²) in [5.74, 6) is 0.358. The average Bonchev–Trinajstić information content (AvgIpc) is 3.04. The molecule has 0 aliphatic heterocycles. The van der Waals surface area contributed by atoms with Crippen LogP contribution in [0.1, 0.15) is 16.2 Å². The molecule has 0 aromatic carbocycles. The van der Waals surface area contributed by atoms with Crippen LogP contribution in [0.3, 0.4) is 0 Å². The number of aromatic nitrogens is 3. The molecule has 102 valence electrons. The Morgan fingerprint density at radius 3 is 3.11 bits per heavy atom. The number of nitrogens with one attached hydrogen (secondary N) is 1. The van der Waals surface area contributed by atoms with Crippen molar-refractivity contribution in [2.75, 3.05) is 19.8 Å². The highest BCUT2D eigenvalue weighted by molar-refractivity contribution is 5.92. The summed E-state index contributed by atoms with van der Waals surface area (Å²) in [4.78, 5) is 15.5. The second-order valence-electron chi connectivity index (χ2n) is 3.99. The van der Waals surface area contributed by atoms with Gasteiger partial charge in [0.15, 0.2) is 5.69 Å². The van der Waals surface area contributed by atoms with Crippen LogP contribution in [-0.4, -0.2) is 40.4 Å². The van der Waals surface area contributed by atoms with Gasteiger partial charge in [0.1, 0.15) is 5.76 Å². The zero-order chi connectivity index (χ0) is 13.5. The van der Waals surface area contributed by atoms with Gasteiger partial charge in [-0.1, -0.05) is 5.16 Å². The van der Waals surface area contributed by atoms with Crippen LogP contribution >= 0.6 is 0 Å². The molecule has 0 saturated heterocycles. The fourth-order valence-corrected chi connectivity index (χ4v) is 1.49. The van der Waals surface area contributed by atoms with E-state index in [1.807, 2.05) is 10.8 Å². The van der Waals surface area contributed by atoms with Gasteiger partial charge in [0.05, 0.1) is 19.5 Å². The number of carbonyl (C=O) groups is 1. The maximum atomic E-state index is 11.6. The van der Waals surface area contributed by atoms with Gasteiger partial charge in [-0.25, -0.2) is 4.98 Å². The van der Waals surface area contributed by atoms with Crippen molar-refractivity contribution in [3.63, 3.8) is 0 Å². The zero-order valence-corrected chi connectivity index (χ0v) is 10.7. The standard InChI is InChI=1S/C12H16N4O3/c1-10-8-11(15-19-10)12(17)14-3-6-18-7-5-16-4-2-13-9-16/h2,4,8-9H,3,5-7H2,1H3,(H,14,17). The second-order valence-corrected chi connectivity index (χ2v) is 3.99. The van der Waals surface area contributed by atoms with E-state index in [1.54, 1.807) is 25.5 Å². The van der Waals surface area contributed by atoms with E-state index in [-0.39, 0.29) is 11.6 Å². The molecule has 0 fully saturated rings. The largest absolute Gasteiger partial charge is 0.378 e. The van der Waals surface area contributed by atoms with Crippen LogP contribution in [0.5, 0.6) is 0 Å². The lowest BCUT2D eigenvalue weighted by atomic mass is 10.3. The molecular formula is C12H16N4O3. The first-order chi connectivity index (χ1) is 9.25. The summed E-state index contributed by atoms with van der Waals surface area (Å²) in [5.41, 5.74) is 0.288. The molecule has 0 aliphatic carbocycles. The number of carbonyl (C=O) groups excluding carboxylic acids is 1. The van der Waals surface area contributed by atoms with Crippen molar-refractivity contribution in [1.29, 1.82) is 0 Å². The second kappa shape index (κ2) is 6.69. The minimum Gasteiger partial charge on any atom is -0.378 e. The van der Waals surface area contributed by atoms with Crippen molar-refractivity contribution in [2.24, 2.45) is 0 Å². The minimum atomic E-state index is -0.255. The van der Waals surface area contributed by atoms with Gasteiger partial charge in [0.2, 0.25) is 0 Å². The zero-order valence-electron chi connectivity index (χ0n) is 10.7. The first-order valence-electron chi connectivity index (χ1n) is 6.01. The average molecular weight is 264 g/mol. The number of amides is 1. The molecule has 0 atom stereocenters. The Bertz CT molecular complexity index is 507. The summed E-state index contributed by atoms with van der Waals surface area (Å²) in [6.45, 7) is 3.96. The van der Waals surface area contributed by atoms with Crippen LogP contribution in [-0.2, 0) is 11.3 Å². The van der Waals surface area contributed by atoms with E-state index in [1.165, 1.54) is 0 Å². The van der Waals surface area contributed by atoms with Crippen LogP contribution < -0.4 is 5.32 Å². The number of imidazole rings is 1.